The molecule has 0 aliphatic rings. The van der Waals surface area contributed by atoms with E-state index in [0.29, 0.717) is 19.3 Å². The molecule has 0 aromatic carbocycles. The second kappa shape index (κ2) is 58.4. The molecule has 6 nitrogen and oxygen atoms in total. The van der Waals surface area contributed by atoms with E-state index < -0.39 is 6.10 Å². The quantitative estimate of drug-likeness (QED) is 0.0261. The third kappa shape index (κ3) is 55.8. The fraction of sp³-hybridized carbons (Fsp3) is 0.766. The normalized spacial score (nSPS) is 12.6. The average molecular weight is 978 g/mol. The molecule has 404 valence electrons. The summed E-state index contributed by atoms with van der Waals surface area (Å²) in [7, 11) is 0. The van der Waals surface area contributed by atoms with Crippen LogP contribution < -0.4 is 0 Å². The summed E-state index contributed by atoms with van der Waals surface area (Å²) in [6.07, 6.45) is 75.3. The molecule has 0 aromatic heterocycles. The highest BCUT2D eigenvalue weighted by molar-refractivity contribution is 5.71. The number of carbonyl (C=O) groups is 3. The Labute approximate surface area is 433 Å². The highest BCUT2D eigenvalue weighted by atomic mass is 16.6. The number of esters is 3. The van der Waals surface area contributed by atoms with Crippen LogP contribution in [0.2, 0.25) is 0 Å². The maximum atomic E-state index is 12.8. The van der Waals surface area contributed by atoms with Crippen molar-refractivity contribution in [3.8, 4) is 0 Å². The molecule has 1 unspecified atom stereocenters. The van der Waals surface area contributed by atoms with Crippen molar-refractivity contribution in [3.05, 3.63) is 72.9 Å². The van der Waals surface area contributed by atoms with Crippen molar-refractivity contribution >= 4 is 17.9 Å². The molecule has 0 radical (unpaired) electrons. The van der Waals surface area contributed by atoms with Gasteiger partial charge < -0.3 is 14.2 Å². The number of unbranched alkanes of at least 4 members (excludes halogenated alkanes) is 31. The lowest BCUT2D eigenvalue weighted by Gasteiger charge is -2.18. The van der Waals surface area contributed by atoms with Gasteiger partial charge in [0.1, 0.15) is 13.2 Å². The fourth-order valence-electron chi connectivity index (χ4n) is 8.47. The van der Waals surface area contributed by atoms with Crippen LogP contribution in [0.5, 0.6) is 0 Å². The first-order valence-electron chi connectivity index (χ1n) is 29.9. The van der Waals surface area contributed by atoms with Crippen molar-refractivity contribution in [2.45, 2.75) is 303 Å². The standard InChI is InChI=1S/C64H112O6/c1-4-7-10-13-15-17-19-21-23-25-26-27-28-29-30-31-32-33-34-35-36-37-38-39-41-42-44-46-48-51-54-57-63(66)69-60-61(59-68-62(65)56-53-50-12-9-6-3)70-64(67)58-55-52-49-47-45-43-40-24-22-20-18-16-14-11-8-5-2/h7,10,15,17-18,20-21,23-24,26-27,40,61H,4-6,8-9,11-14,16,19,22,25,28-39,41-60H2,1-3H3/b10-7-,17-15-,20-18-,23-21-,27-26-,40-24-. The highest BCUT2D eigenvalue weighted by Crippen LogP contribution is 2.16. The Balaban J connectivity index is 3.97. The van der Waals surface area contributed by atoms with Crippen molar-refractivity contribution in [2.75, 3.05) is 13.2 Å². The topological polar surface area (TPSA) is 78.9 Å². The lowest BCUT2D eigenvalue weighted by atomic mass is 10.0. The molecule has 0 heterocycles. The number of rotatable bonds is 54. The van der Waals surface area contributed by atoms with Gasteiger partial charge in [0, 0.05) is 19.3 Å². The van der Waals surface area contributed by atoms with E-state index in [4.69, 9.17) is 14.2 Å². The van der Waals surface area contributed by atoms with E-state index in [2.05, 4.69) is 93.7 Å². The number of hydrogen-bond acceptors (Lipinski definition) is 6. The molecule has 0 rings (SSSR count). The van der Waals surface area contributed by atoms with Crippen molar-refractivity contribution < 1.29 is 28.6 Å². The Morgan fingerprint density at radius 2 is 0.557 bits per heavy atom. The van der Waals surface area contributed by atoms with Crippen LogP contribution in [-0.2, 0) is 28.6 Å². The van der Waals surface area contributed by atoms with E-state index in [1.54, 1.807) is 0 Å². The summed E-state index contributed by atoms with van der Waals surface area (Å²) < 4.78 is 16.7. The van der Waals surface area contributed by atoms with Crippen LogP contribution in [-0.4, -0.2) is 37.2 Å². The van der Waals surface area contributed by atoms with Gasteiger partial charge in [-0.15, -0.1) is 0 Å². The minimum Gasteiger partial charge on any atom is -0.462 e. The molecule has 70 heavy (non-hydrogen) atoms. The first-order chi connectivity index (χ1) is 34.5. The average Bonchev–Trinajstić information content (AvgIpc) is 3.36. The monoisotopic (exact) mass is 977 g/mol. The largest absolute Gasteiger partial charge is 0.462 e. The first-order valence-corrected chi connectivity index (χ1v) is 29.9. The Morgan fingerprint density at radius 3 is 0.886 bits per heavy atom. The van der Waals surface area contributed by atoms with E-state index in [1.807, 2.05) is 0 Å². The van der Waals surface area contributed by atoms with Crippen molar-refractivity contribution in [2.24, 2.45) is 0 Å². The molecule has 0 saturated heterocycles. The molecule has 6 heteroatoms. The number of ether oxygens (including phenoxy) is 3. The van der Waals surface area contributed by atoms with Gasteiger partial charge in [0.05, 0.1) is 0 Å². The van der Waals surface area contributed by atoms with Gasteiger partial charge in [-0.1, -0.05) is 261 Å². The zero-order chi connectivity index (χ0) is 50.7. The zero-order valence-corrected chi connectivity index (χ0v) is 46.3. The Bertz CT molecular complexity index is 1310. The van der Waals surface area contributed by atoms with Gasteiger partial charge in [0.2, 0.25) is 0 Å². The molecule has 0 saturated carbocycles. The number of allylic oxidation sites excluding steroid dienone is 12. The van der Waals surface area contributed by atoms with Crippen LogP contribution in [0.15, 0.2) is 72.9 Å². The maximum Gasteiger partial charge on any atom is 0.306 e. The molecule has 0 bridgehead atoms. The van der Waals surface area contributed by atoms with E-state index in [-0.39, 0.29) is 31.1 Å². The summed E-state index contributed by atoms with van der Waals surface area (Å²) in [5.41, 5.74) is 0. The van der Waals surface area contributed by atoms with E-state index >= 15 is 0 Å². The van der Waals surface area contributed by atoms with Crippen LogP contribution in [0, 0.1) is 0 Å². The first kappa shape index (κ1) is 66.9. The molecular weight excluding hydrogens is 865 g/mol. The van der Waals surface area contributed by atoms with E-state index in [1.165, 1.54) is 141 Å². The SMILES string of the molecule is CC/C=C\C/C=C\C/C=C\C/C=C\CCCCCCCCCCCCCCCCCCCCC(=O)OCC(COC(=O)CCCCCCC)OC(=O)CCCCCCC/C=C\C/C=C\CCCCCC. The second-order valence-corrected chi connectivity index (χ2v) is 19.9. The molecule has 0 aliphatic heterocycles. The molecule has 0 spiro atoms. The Kier molecular flexibility index (Phi) is 55.8. The molecule has 1 atom stereocenters. The molecule has 0 fully saturated rings. The summed E-state index contributed by atoms with van der Waals surface area (Å²) in [5.74, 6) is -0.897. The summed E-state index contributed by atoms with van der Waals surface area (Å²) >= 11 is 0. The second-order valence-electron chi connectivity index (χ2n) is 19.9. The summed E-state index contributed by atoms with van der Waals surface area (Å²) in [5, 5.41) is 0. The predicted octanol–water partition coefficient (Wildman–Crippen LogP) is 20.2. The molecular formula is C64H112O6. The number of carbonyl (C=O) groups excluding carboxylic acids is 3. The Morgan fingerprint density at radius 1 is 0.300 bits per heavy atom. The van der Waals surface area contributed by atoms with E-state index in [0.717, 1.165) is 116 Å². The van der Waals surface area contributed by atoms with Gasteiger partial charge >= 0.3 is 17.9 Å². The van der Waals surface area contributed by atoms with Gasteiger partial charge in [0.25, 0.3) is 0 Å². The fourth-order valence-corrected chi connectivity index (χ4v) is 8.47. The minimum absolute atomic E-state index is 0.0781. The molecule has 0 aliphatic carbocycles. The van der Waals surface area contributed by atoms with Gasteiger partial charge in [-0.3, -0.25) is 14.4 Å². The van der Waals surface area contributed by atoms with Gasteiger partial charge in [-0.05, 0) is 89.9 Å². The lowest BCUT2D eigenvalue weighted by molar-refractivity contribution is -0.167. The maximum absolute atomic E-state index is 12.8. The van der Waals surface area contributed by atoms with Crippen LogP contribution in [0.3, 0.4) is 0 Å². The minimum atomic E-state index is -0.776. The third-order valence-corrected chi connectivity index (χ3v) is 12.9. The predicted molar refractivity (Wildman–Crippen MR) is 302 cm³/mol. The van der Waals surface area contributed by atoms with E-state index in [9.17, 15) is 14.4 Å². The van der Waals surface area contributed by atoms with Crippen LogP contribution >= 0.6 is 0 Å². The molecule has 0 amide bonds. The van der Waals surface area contributed by atoms with Crippen LogP contribution in [0.1, 0.15) is 297 Å². The summed E-state index contributed by atoms with van der Waals surface area (Å²) in [4.78, 5) is 37.8. The summed E-state index contributed by atoms with van der Waals surface area (Å²) in [6, 6.07) is 0. The summed E-state index contributed by atoms with van der Waals surface area (Å²) in [6.45, 7) is 6.43. The lowest BCUT2D eigenvalue weighted by Crippen LogP contribution is -2.30. The molecule has 0 aromatic rings. The van der Waals surface area contributed by atoms with Crippen molar-refractivity contribution in [1.29, 1.82) is 0 Å². The molecule has 0 N–H and O–H groups in total. The van der Waals surface area contributed by atoms with Crippen LogP contribution in [0.4, 0.5) is 0 Å². The highest BCUT2D eigenvalue weighted by Gasteiger charge is 2.19. The Hall–Kier alpha value is -3.15. The van der Waals surface area contributed by atoms with Gasteiger partial charge in [0.15, 0.2) is 6.10 Å². The number of hydrogen-bond donors (Lipinski definition) is 0. The van der Waals surface area contributed by atoms with Crippen LogP contribution in [0.25, 0.3) is 0 Å². The third-order valence-electron chi connectivity index (χ3n) is 12.9. The van der Waals surface area contributed by atoms with Crippen molar-refractivity contribution in [3.63, 3.8) is 0 Å². The zero-order valence-electron chi connectivity index (χ0n) is 46.3. The van der Waals surface area contributed by atoms with Crippen molar-refractivity contribution in [1.82, 2.24) is 0 Å². The van der Waals surface area contributed by atoms with Gasteiger partial charge in [-0.25, -0.2) is 0 Å². The smallest absolute Gasteiger partial charge is 0.306 e. The van der Waals surface area contributed by atoms with Gasteiger partial charge in [-0.2, -0.15) is 0 Å².